The van der Waals surface area contributed by atoms with E-state index < -0.39 is 0 Å². The number of amides is 2. The van der Waals surface area contributed by atoms with Gasteiger partial charge >= 0.3 is 0 Å². The van der Waals surface area contributed by atoms with Crippen LogP contribution in [-0.2, 0) is 9.59 Å². The van der Waals surface area contributed by atoms with Crippen LogP contribution in [-0.4, -0.2) is 54.4 Å². The molecule has 0 aliphatic carbocycles. The molecule has 1 heterocycles. The number of carbonyl (C=O) groups excluding carboxylic acids is 2. The number of rotatable bonds is 7. The third-order valence-electron chi connectivity index (χ3n) is 6.78. The van der Waals surface area contributed by atoms with Crippen LogP contribution < -0.4 is 4.74 Å². The average Bonchev–Trinajstić information content (AvgIpc) is 2.98. The summed E-state index contributed by atoms with van der Waals surface area (Å²) < 4.78 is 5.77. The number of benzene rings is 4. The Morgan fingerprint density at radius 1 is 0.595 bits per heavy atom. The molecule has 1 aliphatic rings. The first-order chi connectivity index (χ1) is 18.2. The summed E-state index contributed by atoms with van der Waals surface area (Å²) in [7, 11) is 0. The summed E-state index contributed by atoms with van der Waals surface area (Å²) in [4.78, 5) is 30.1. The Labute approximate surface area is 217 Å². The minimum Gasteiger partial charge on any atom is -0.484 e. The average molecular weight is 491 g/mol. The highest BCUT2D eigenvalue weighted by Gasteiger charge is 2.31. The van der Waals surface area contributed by atoms with E-state index in [0.717, 1.165) is 22.3 Å². The van der Waals surface area contributed by atoms with Crippen LogP contribution in [0, 0.1) is 0 Å². The van der Waals surface area contributed by atoms with Crippen LogP contribution in [0.3, 0.4) is 0 Å². The molecular formula is C32H30N2O3. The quantitative estimate of drug-likeness (QED) is 0.356. The Morgan fingerprint density at radius 3 is 1.59 bits per heavy atom. The van der Waals surface area contributed by atoms with Crippen molar-refractivity contribution in [3.8, 4) is 16.9 Å². The second-order valence-corrected chi connectivity index (χ2v) is 9.14. The summed E-state index contributed by atoms with van der Waals surface area (Å²) in [6.07, 6.45) is 0. The largest absolute Gasteiger partial charge is 0.484 e. The van der Waals surface area contributed by atoms with E-state index in [0.29, 0.717) is 31.9 Å². The number of nitrogens with zero attached hydrogens (tertiary/aromatic N) is 2. The van der Waals surface area contributed by atoms with Crippen molar-refractivity contribution in [3.05, 3.63) is 126 Å². The first kappa shape index (κ1) is 24.3. The lowest BCUT2D eigenvalue weighted by atomic mass is 9.90. The molecule has 186 valence electrons. The van der Waals surface area contributed by atoms with Crippen molar-refractivity contribution in [1.29, 1.82) is 0 Å². The number of piperazine rings is 1. The maximum atomic E-state index is 13.6. The van der Waals surface area contributed by atoms with Crippen molar-refractivity contribution >= 4 is 11.8 Å². The second kappa shape index (κ2) is 11.6. The van der Waals surface area contributed by atoms with Crippen molar-refractivity contribution < 1.29 is 14.3 Å². The molecule has 0 N–H and O–H groups in total. The molecule has 0 atom stereocenters. The number of hydrogen-bond acceptors (Lipinski definition) is 3. The van der Waals surface area contributed by atoms with Gasteiger partial charge in [0.1, 0.15) is 5.75 Å². The van der Waals surface area contributed by atoms with Crippen molar-refractivity contribution in [3.63, 3.8) is 0 Å². The molecule has 1 aliphatic heterocycles. The Morgan fingerprint density at radius 2 is 1.05 bits per heavy atom. The molecule has 0 radical (unpaired) electrons. The van der Waals surface area contributed by atoms with Gasteiger partial charge in [0.05, 0.1) is 5.92 Å². The van der Waals surface area contributed by atoms with Crippen LogP contribution in [0.4, 0.5) is 0 Å². The van der Waals surface area contributed by atoms with Gasteiger partial charge in [-0.05, 0) is 34.4 Å². The van der Waals surface area contributed by atoms with E-state index >= 15 is 0 Å². The van der Waals surface area contributed by atoms with Gasteiger partial charge in [-0.25, -0.2) is 0 Å². The first-order valence-electron chi connectivity index (χ1n) is 12.6. The van der Waals surface area contributed by atoms with Crippen molar-refractivity contribution in [1.82, 2.24) is 9.80 Å². The van der Waals surface area contributed by atoms with Gasteiger partial charge in [0, 0.05) is 26.2 Å². The molecule has 0 spiro atoms. The van der Waals surface area contributed by atoms with Crippen LogP contribution in [0.5, 0.6) is 5.75 Å². The minimum absolute atomic E-state index is 0.0186. The predicted octanol–water partition coefficient (Wildman–Crippen LogP) is 5.24. The highest BCUT2D eigenvalue weighted by molar-refractivity contribution is 5.87. The van der Waals surface area contributed by atoms with E-state index in [4.69, 9.17) is 4.74 Å². The topological polar surface area (TPSA) is 49.9 Å². The summed E-state index contributed by atoms with van der Waals surface area (Å²) in [5.41, 5.74) is 4.19. The van der Waals surface area contributed by atoms with Crippen LogP contribution in [0.2, 0.25) is 0 Å². The van der Waals surface area contributed by atoms with Gasteiger partial charge in [-0.15, -0.1) is 0 Å². The summed E-state index contributed by atoms with van der Waals surface area (Å²) >= 11 is 0. The van der Waals surface area contributed by atoms with Gasteiger partial charge in [-0.3, -0.25) is 9.59 Å². The van der Waals surface area contributed by atoms with Crippen LogP contribution in [0.25, 0.3) is 11.1 Å². The molecule has 4 aromatic carbocycles. The van der Waals surface area contributed by atoms with E-state index in [1.807, 2.05) is 108 Å². The lowest BCUT2D eigenvalue weighted by molar-refractivity contribution is -0.141. The minimum atomic E-state index is -0.355. The molecule has 1 saturated heterocycles. The molecule has 2 amide bonds. The monoisotopic (exact) mass is 490 g/mol. The van der Waals surface area contributed by atoms with Crippen LogP contribution in [0.15, 0.2) is 115 Å². The summed E-state index contributed by atoms with van der Waals surface area (Å²) in [6, 6.07) is 37.7. The maximum absolute atomic E-state index is 13.6. The SMILES string of the molecule is O=C(COc1ccc(-c2ccccc2)cc1)N1CCN(C(=O)C(c2ccccc2)c2ccccc2)CC1. The zero-order valence-corrected chi connectivity index (χ0v) is 20.7. The molecule has 5 rings (SSSR count). The number of ether oxygens (including phenoxy) is 1. The summed E-state index contributed by atoms with van der Waals surface area (Å²) in [6.45, 7) is 1.99. The first-order valence-corrected chi connectivity index (χ1v) is 12.6. The highest BCUT2D eigenvalue weighted by Crippen LogP contribution is 2.27. The van der Waals surface area contributed by atoms with Gasteiger partial charge in [-0.2, -0.15) is 0 Å². The summed E-state index contributed by atoms with van der Waals surface area (Å²) in [5.74, 6) is 0.309. The van der Waals surface area contributed by atoms with Crippen LogP contribution >= 0.6 is 0 Å². The van der Waals surface area contributed by atoms with Crippen LogP contribution in [0.1, 0.15) is 17.0 Å². The molecule has 0 unspecified atom stereocenters. The highest BCUT2D eigenvalue weighted by atomic mass is 16.5. The van der Waals surface area contributed by atoms with Gasteiger partial charge in [-0.1, -0.05) is 103 Å². The lowest BCUT2D eigenvalue weighted by Gasteiger charge is -2.36. The molecule has 4 aromatic rings. The Hall–Kier alpha value is -4.38. The molecule has 0 bridgehead atoms. The van der Waals surface area contributed by atoms with E-state index in [-0.39, 0.29) is 24.3 Å². The predicted molar refractivity (Wildman–Crippen MR) is 145 cm³/mol. The molecule has 5 nitrogen and oxygen atoms in total. The fourth-order valence-corrected chi connectivity index (χ4v) is 4.74. The van der Waals surface area contributed by atoms with Crippen molar-refractivity contribution in [2.75, 3.05) is 32.8 Å². The molecule has 1 fully saturated rings. The fourth-order valence-electron chi connectivity index (χ4n) is 4.74. The normalized spacial score (nSPS) is 13.4. The molecule has 37 heavy (non-hydrogen) atoms. The standard InChI is InChI=1S/C32H30N2O3/c35-30(24-37-29-18-16-26(17-19-29)25-10-4-1-5-11-25)33-20-22-34(23-21-33)32(36)31(27-12-6-2-7-13-27)28-14-8-3-9-15-28/h1-19,31H,20-24H2. The second-order valence-electron chi connectivity index (χ2n) is 9.14. The molecule has 0 saturated carbocycles. The Bertz CT molecular complexity index is 1260. The van der Waals surface area contributed by atoms with Gasteiger partial charge in [0.2, 0.25) is 5.91 Å². The Kier molecular flexibility index (Phi) is 7.60. The zero-order valence-electron chi connectivity index (χ0n) is 20.7. The van der Waals surface area contributed by atoms with E-state index in [2.05, 4.69) is 12.1 Å². The van der Waals surface area contributed by atoms with Gasteiger partial charge < -0.3 is 14.5 Å². The fraction of sp³-hybridized carbons (Fsp3) is 0.188. The van der Waals surface area contributed by atoms with E-state index in [1.54, 1.807) is 4.90 Å². The molecule has 5 heteroatoms. The third-order valence-corrected chi connectivity index (χ3v) is 6.78. The zero-order chi connectivity index (χ0) is 25.5. The van der Waals surface area contributed by atoms with Gasteiger partial charge in [0.15, 0.2) is 6.61 Å². The maximum Gasteiger partial charge on any atom is 0.260 e. The lowest BCUT2D eigenvalue weighted by Crippen LogP contribution is -2.52. The van der Waals surface area contributed by atoms with Crippen molar-refractivity contribution in [2.24, 2.45) is 0 Å². The molecular weight excluding hydrogens is 460 g/mol. The van der Waals surface area contributed by atoms with E-state index in [1.165, 1.54) is 0 Å². The van der Waals surface area contributed by atoms with Gasteiger partial charge in [0.25, 0.3) is 5.91 Å². The van der Waals surface area contributed by atoms with Crippen molar-refractivity contribution in [2.45, 2.75) is 5.92 Å². The summed E-state index contributed by atoms with van der Waals surface area (Å²) in [5, 5.41) is 0. The van der Waals surface area contributed by atoms with E-state index in [9.17, 15) is 9.59 Å². The molecule has 0 aromatic heterocycles. The third kappa shape index (κ3) is 5.89. The smallest absolute Gasteiger partial charge is 0.260 e. The number of carbonyl (C=O) groups is 2. The number of hydrogen-bond donors (Lipinski definition) is 0. The Balaban J connectivity index is 1.16.